The molecule has 2 aliphatic heterocycles. The fourth-order valence-corrected chi connectivity index (χ4v) is 4.48. The van der Waals surface area contributed by atoms with E-state index in [4.69, 9.17) is 9.47 Å². The third kappa shape index (κ3) is 5.22. The van der Waals surface area contributed by atoms with Crippen LogP contribution in [0, 0.1) is 5.92 Å². The molecule has 0 bridgehead atoms. The molecule has 0 unspecified atom stereocenters. The van der Waals surface area contributed by atoms with Gasteiger partial charge in [-0.25, -0.2) is 0 Å². The summed E-state index contributed by atoms with van der Waals surface area (Å²) in [4.78, 5) is 13.8. The SMILES string of the molecule is COC[C@@H]1C[C@@H](c2ccc(C(F)(F)F)cc2N2CCC(C(=O)OC)CC2)CCN1. The topological polar surface area (TPSA) is 50.8 Å². The molecule has 2 fully saturated rings. The van der Waals surface area contributed by atoms with E-state index in [1.807, 2.05) is 4.90 Å². The number of alkyl halides is 3. The number of nitrogens with one attached hydrogen (secondary N) is 1. The highest BCUT2D eigenvalue weighted by Crippen LogP contribution is 2.40. The van der Waals surface area contributed by atoms with E-state index in [2.05, 4.69) is 5.32 Å². The molecule has 0 spiro atoms. The zero-order valence-electron chi connectivity index (χ0n) is 16.9. The van der Waals surface area contributed by atoms with E-state index in [0.29, 0.717) is 38.2 Å². The summed E-state index contributed by atoms with van der Waals surface area (Å²) in [6.07, 6.45) is -1.52. The Morgan fingerprint density at radius 2 is 1.93 bits per heavy atom. The first-order chi connectivity index (χ1) is 13.8. The number of carbonyl (C=O) groups is 1. The molecule has 1 aromatic rings. The Balaban J connectivity index is 1.86. The number of anilines is 1. The van der Waals surface area contributed by atoms with Gasteiger partial charge in [0.15, 0.2) is 0 Å². The lowest BCUT2D eigenvalue weighted by atomic mass is 9.84. The van der Waals surface area contributed by atoms with Crippen LogP contribution in [0.3, 0.4) is 0 Å². The average molecular weight is 414 g/mol. The summed E-state index contributed by atoms with van der Waals surface area (Å²) in [6.45, 7) is 2.47. The smallest absolute Gasteiger partial charge is 0.416 e. The third-order valence-electron chi connectivity index (χ3n) is 6.03. The molecule has 3 rings (SSSR count). The number of carbonyl (C=O) groups excluding carboxylic acids is 1. The number of hydrogen-bond acceptors (Lipinski definition) is 5. The number of rotatable bonds is 5. The Kier molecular flexibility index (Phi) is 7.05. The van der Waals surface area contributed by atoms with Crippen LogP contribution in [0.25, 0.3) is 0 Å². The second kappa shape index (κ2) is 9.34. The van der Waals surface area contributed by atoms with E-state index in [1.165, 1.54) is 19.2 Å². The van der Waals surface area contributed by atoms with Gasteiger partial charge in [0.05, 0.1) is 25.2 Å². The number of ether oxygens (including phenoxy) is 2. The predicted octanol–water partition coefficient (Wildman–Crippen LogP) is 3.58. The van der Waals surface area contributed by atoms with Crippen LogP contribution in [-0.4, -0.2) is 52.5 Å². The minimum absolute atomic E-state index is 0.173. The van der Waals surface area contributed by atoms with Crippen molar-refractivity contribution in [3.63, 3.8) is 0 Å². The lowest BCUT2D eigenvalue weighted by Crippen LogP contribution is -2.41. The van der Waals surface area contributed by atoms with Gasteiger partial charge in [0.1, 0.15) is 0 Å². The normalized spacial score (nSPS) is 23.8. The molecule has 5 nitrogen and oxygen atoms in total. The average Bonchev–Trinajstić information content (AvgIpc) is 2.72. The van der Waals surface area contributed by atoms with Crippen molar-refractivity contribution in [2.75, 3.05) is 45.4 Å². The first kappa shape index (κ1) is 21.9. The number of halogens is 3. The molecule has 2 saturated heterocycles. The lowest BCUT2D eigenvalue weighted by molar-refractivity contribution is -0.146. The summed E-state index contributed by atoms with van der Waals surface area (Å²) >= 11 is 0. The maximum atomic E-state index is 13.4. The molecule has 0 amide bonds. The lowest BCUT2D eigenvalue weighted by Gasteiger charge is -2.37. The van der Waals surface area contributed by atoms with Crippen LogP contribution in [0.1, 0.15) is 42.7 Å². The van der Waals surface area contributed by atoms with Gasteiger partial charge in [-0.2, -0.15) is 13.2 Å². The Labute approximate surface area is 169 Å². The number of piperidine rings is 2. The van der Waals surface area contributed by atoms with Crippen LogP contribution in [0.2, 0.25) is 0 Å². The van der Waals surface area contributed by atoms with Crippen molar-refractivity contribution >= 4 is 11.7 Å². The molecule has 2 aliphatic rings. The zero-order valence-corrected chi connectivity index (χ0v) is 16.9. The highest BCUT2D eigenvalue weighted by atomic mass is 19.4. The molecular formula is C21H29F3N2O3. The highest BCUT2D eigenvalue weighted by Gasteiger charge is 2.34. The van der Waals surface area contributed by atoms with Crippen molar-refractivity contribution in [3.05, 3.63) is 29.3 Å². The molecule has 0 aromatic heterocycles. The van der Waals surface area contributed by atoms with Gasteiger partial charge in [0.25, 0.3) is 0 Å². The van der Waals surface area contributed by atoms with Crippen LogP contribution in [-0.2, 0) is 20.4 Å². The highest BCUT2D eigenvalue weighted by molar-refractivity contribution is 5.73. The second-order valence-corrected chi connectivity index (χ2v) is 7.88. The molecule has 1 aromatic carbocycles. The van der Waals surface area contributed by atoms with E-state index in [0.717, 1.165) is 24.9 Å². The molecule has 0 radical (unpaired) electrons. The van der Waals surface area contributed by atoms with Crippen LogP contribution < -0.4 is 10.2 Å². The number of nitrogens with zero attached hydrogens (tertiary/aromatic N) is 1. The van der Waals surface area contributed by atoms with E-state index >= 15 is 0 Å². The summed E-state index contributed by atoms with van der Waals surface area (Å²) < 4.78 is 50.2. The minimum Gasteiger partial charge on any atom is -0.469 e. The third-order valence-corrected chi connectivity index (χ3v) is 6.03. The van der Waals surface area contributed by atoms with Crippen LogP contribution >= 0.6 is 0 Å². The van der Waals surface area contributed by atoms with Crippen molar-refractivity contribution < 1.29 is 27.4 Å². The van der Waals surface area contributed by atoms with Gasteiger partial charge < -0.3 is 19.7 Å². The molecule has 0 saturated carbocycles. The van der Waals surface area contributed by atoms with Gasteiger partial charge in [-0.1, -0.05) is 6.07 Å². The maximum Gasteiger partial charge on any atom is 0.416 e. The van der Waals surface area contributed by atoms with Crippen LogP contribution in [0.5, 0.6) is 0 Å². The molecule has 0 aliphatic carbocycles. The van der Waals surface area contributed by atoms with Gasteiger partial charge in [0.2, 0.25) is 0 Å². The predicted molar refractivity (Wildman–Crippen MR) is 104 cm³/mol. The van der Waals surface area contributed by atoms with Crippen molar-refractivity contribution in [2.45, 2.75) is 43.8 Å². The summed E-state index contributed by atoms with van der Waals surface area (Å²) in [5, 5.41) is 3.41. The summed E-state index contributed by atoms with van der Waals surface area (Å²) in [6, 6.07) is 4.30. The van der Waals surface area contributed by atoms with Crippen LogP contribution in [0.4, 0.5) is 18.9 Å². The van der Waals surface area contributed by atoms with E-state index in [-0.39, 0.29) is 23.8 Å². The molecule has 2 atom stereocenters. The molecular weight excluding hydrogens is 385 g/mol. The molecule has 162 valence electrons. The van der Waals surface area contributed by atoms with E-state index in [9.17, 15) is 18.0 Å². The van der Waals surface area contributed by atoms with Crippen molar-refractivity contribution in [1.82, 2.24) is 5.32 Å². The van der Waals surface area contributed by atoms with E-state index < -0.39 is 11.7 Å². The first-order valence-corrected chi connectivity index (χ1v) is 10.1. The number of hydrogen-bond donors (Lipinski definition) is 1. The summed E-state index contributed by atoms with van der Waals surface area (Å²) in [5.74, 6) is -0.253. The molecule has 8 heteroatoms. The molecule has 29 heavy (non-hydrogen) atoms. The van der Waals surface area contributed by atoms with Crippen molar-refractivity contribution in [2.24, 2.45) is 5.92 Å². The van der Waals surface area contributed by atoms with Crippen LogP contribution in [0.15, 0.2) is 18.2 Å². The van der Waals surface area contributed by atoms with Gasteiger partial charge >= 0.3 is 12.1 Å². The Hall–Kier alpha value is -1.80. The standard InChI is InChI=1S/C21H29F3N2O3/c1-28-13-17-11-15(5-8-25-17)18-4-3-16(21(22,23)24)12-19(18)26-9-6-14(7-10-26)20(27)29-2/h3-4,12,14-15,17,25H,5-11,13H2,1-2H3/t15-,17-/m0/s1. The van der Waals surface area contributed by atoms with Gasteiger partial charge in [0, 0.05) is 31.9 Å². The number of benzene rings is 1. The Bertz CT molecular complexity index is 701. The molecule has 2 heterocycles. The molecule has 1 N–H and O–H groups in total. The largest absolute Gasteiger partial charge is 0.469 e. The fraction of sp³-hybridized carbons (Fsp3) is 0.667. The summed E-state index contributed by atoms with van der Waals surface area (Å²) in [5.41, 5.74) is 0.969. The van der Waals surface area contributed by atoms with Crippen molar-refractivity contribution in [3.8, 4) is 0 Å². The number of esters is 1. The van der Waals surface area contributed by atoms with Crippen molar-refractivity contribution in [1.29, 1.82) is 0 Å². The monoisotopic (exact) mass is 414 g/mol. The summed E-state index contributed by atoms with van der Waals surface area (Å²) in [7, 11) is 3.02. The fourth-order valence-electron chi connectivity index (χ4n) is 4.48. The van der Waals surface area contributed by atoms with Gasteiger partial charge in [-0.15, -0.1) is 0 Å². The maximum absolute atomic E-state index is 13.4. The van der Waals surface area contributed by atoms with Gasteiger partial charge in [-0.05, 0) is 55.8 Å². The Morgan fingerprint density at radius 1 is 1.21 bits per heavy atom. The van der Waals surface area contributed by atoms with E-state index in [1.54, 1.807) is 13.2 Å². The second-order valence-electron chi connectivity index (χ2n) is 7.88. The number of methoxy groups -OCH3 is 2. The van der Waals surface area contributed by atoms with Gasteiger partial charge in [-0.3, -0.25) is 4.79 Å². The Morgan fingerprint density at radius 3 is 2.55 bits per heavy atom. The minimum atomic E-state index is -4.38. The zero-order chi connectivity index (χ0) is 21.0. The first-order valence-electron chi connectivity index (χ1n) is 10.1. The quantitative estimate of drug-likeness (QED) is 0.747.